The highest BCUT2D eigenvalue weighted by Crippen LogP contribution is 2.45. The number of hydrogen-bond acceptors (Lipinski definition) is 5. The lowest BCUT2D eigenvalue weighted by Gasteiger charge is -2.32. The Labute approximate surface area is 152 Å². The van der Waals surface area contributed by atoms with E-state index >= 15 is 0 Å². The monoisotopic (exact) mass is 355 g/mol. The van der Waals surface area contributed by atoms with E-state index in [1.165, 1.54) is 0 Å². The van der Waals surface area contributed by atoms with Crippen LogP contribution in [0.4, 0.5) is 5.69 Å². The van der Waals surface area contributed by atoms with Crippen molar-refractivity contribution in [1.29, 1.82) is 0 Å². The summed E-state index contributed by atoms with van der Waals surface area (Å²) >= 11 is 0. The quantitative estimate of drug-likeness (QED) is 0.844. The Morgan fingerprint density at radius 1 is 1.04 bits per heavy atom. The Kier molecular flexibility index (Phi) is 4.30. The zero-order valence-electron chi connectivity index (χ0n) is 14.9. The second kappa shape index (κ2) is 6.63. The third kappa shape index (κ3) is 2.53. The first-order valence-corrected chi connectivity index (χ1v) is 8.60. The molecule has 6 heteroatoms. The first kappa shape index (κ1) is 16.9. The highest BCUT2D eigenvalue weighted by atomic mass is 16.7. The molecule has 0 saturated carbocycles. The SMILES string of the molecule is COc1ccc(CN2C(=O)C3(OCCCO3)c3ccccc32)cc1OC. The normalized spacial score (nSPS) is 18.1. The number of carbonyl (C=O) groups is 1. The van der Waals surface area contributed by atoms with Crippen molar-refractivity contribution in [2.24, 2.45) is 0 Å². The van der Waals surface area contributed by atoms with E-state index in [0.717, 1.165) is 23.2 Å². The molecule has 0 radical (unpaired) electrons. The van der Waals surface area contributed by atoms with E-state index in [9.17, 15) is 4.79 Å². The predicted molar refractivity (Wildman–Crippen MR) is 95.4 cm³/mol. The van der Waals surface area contributed by atoms with E-state index in [0.29, 0.717) is 31.3 Å². The third-order valence-corrected chi connectivity index (χ3v) is 4.76. The van der Waals surface area contributed by atoms with E-state index in [1.54, 1.807) is 19.1 Å². The van der Waals surface area contributed by atoms with Gasteiger partial charge in [-0.15, -0.1) is 0 Å². The van der Waals surface area contributed by atoms with Crippen molar-refractivity contribution in [3.05, 3.63) is 53.6 Å². The molecule has 0 atom stereocenters. The van der Waals surface area contributed by atoms with Crippen molar-refractivity contribution in [3.8, 4) is 11.5 Å². The summed E-state index contributed by atoms with van der Waals surface area (Å²) in [5.74, 6) is -0.219. The maximum atomic E-state index is 13.2. The number of anilines is 1. The number of ether oxygens (including phenoxy) is 4. The molecule has 26 heavy (non-hydrogen) atoms. The van der Waals surface area contributed by atoms with Gasteiger partial charge < -0.3 is 23.8 Å². The van der Waals surface area contributed by atoms with Crippen LogP contribution in [-0.2, 0) is 26.6 Å². The molecule has 2 aromatic carbocycles. The van der Waals surface area contributed by atoms with Crippen LogP contribution in [0.15, 0.2) is 42.5 Å². The van der Waals surface area contributed by atoms with Crippen molar-refractivity contribution in [3.63, 3.8) is 0 Å². The number of methoxy groups -OCH3 is 2. The van der Waals surface area contributed by atoms with Gasteiger partial charge in [0, 0.05) is 5.56 Å². The zero-order chi connectivity index (χ0) is 18.1. The minimum absolute atomic E-state index is 0.187. The van der Waals surface area contributed by atoms with Crippen LogP contribution in [0.25, 0.3) is 0 Å². The Bertz CT molecular complexity index is 829. The van der Waals surface area contributed by atoms with Crippen LogP contribution in [0, 0.1) is 0 Å². The third-order valence-electron chi connectivity index (χ3n) is 4.76. The fourth-order valence-electron chi connectivity index (χ4n) is 3.52. The number of carbonyl (C=O) groups excluding carboxylic acids is 1. The molecular weight excluding hydrogens is 334 g/mol. The molecule has 136 valence electrons. The van der Waals surface area contributed by atoms with Crippen molar-refractivity contribution >= 4 is 11.6 Å². The van der Waals surface area contributed by atoms with Crippen molar-refractivity contribution in [2.45, 2.75) is 18.8 Å². The van der Waals surface area contributed by atoms with E-state index in [1.807, 2.05) is 42.5 Å². The van der Waals surface area contributed by atoms with Gasteiger partial charge in [0.1, 0.15) is 0 Å². The smallest absolute Gasteiger partial charge is 0.292 e. The van der Waals surface area contributed by atoms with Crippen LogP contribution in [0.2, 0.25) is 0 Å². The molecule has 1 fully saturated rings. The summed E-state index contributed by atoms with van der Waals surface area (Å²) < 4.78 is 22.4. The molecule has 6 nitrogen and oxygen atoms in total. The number of amides is 1. The van der Waals surface area contributed by atoms with Crippen LogP contribution in [0.5, 0.6) is 11.5 Å². The van der Waals surface area contributed by atoms with Gasteiger partial charge in [-0.3, -0.25) is 4.79 Å². The second-order valence-electron chi connectivity index (χ2n) is 6.26. The maximum Gasteiger partial charge on any atom is 0.292 e. The molecule has 0 N–H and O–H groups in total. The highest BCUT2D eigenvalue weighted by Gasteiger charge is 2.54. The van der Waals surface area contributed by atoms with E-state index in [4.69, 9.17) is 18.9 Å². The number of para-hydroxylation sites is 1. The van der Waals surface area contributed by atoms with Gasteiger partial charge in [-0.1, -0.05) is 24.3 Å². The standard InChI is InChI=1S/C20H21NO5/c1-23-17-9-8-14(12-18(17)24-2)13-21-16-7-4-3-6-15(16)20(19(21)22)25-10-5-11-26-20/h3-4,6-9,12H,5,10-11,13H2,1-2H3. The van der Waals surface area contributed by atoms with Crippen LogP contribution in [0.1, 0.15) is 17.5 Å². The molecule has 4 rings (SSSR count). The molecule has 2 aromatic rings. The average molecular weight is 355 g/mol. The first-order valence-electron chi connectivity index (χ1n) is 8.60. The minimum atomic E-state index is -1.31. The average Bonchev–Trinajstić information content (AvgIpc) is 2.91. The fourth-order valence-corrected chi connectivity index (χ4v) is 3.52. The lowest BCUT2D eigenvalue weighted by atomic mass is 10.1. The van der Waals surface area contributed by atoms with Crippen LogP contribution < -0.4 is 14.4 Å². The summed E-state index contributed by atoms with van der Waals surface area (Å²) in [6, 6.07) is 13.3. The summed E-state index contributed by atoms with van der Waals surface area (Å²) in [5, 5.41) is 0. The summed E-state index contributed by atoms with van der Waals surface area (Å²) in [7, 11) is 3.19. The molecule has 0 unspecified atom stereocenters. The molecule has 1 amide bonds. The topological polar surface area (TPSA) is 57.2 Å². The Morgan fingerprint density at radius 2 is 1.77 bits per heavy atom. The van der Waals surface area contributed by atoms with Crippen molar-refractivity contribution in [2.75, 3.05) is 32.3 Å². The molecule has 2 aliphatic rings. The second-order valence-corrected chi connectivity index (χ2v) is 6.26. The van der Waals surface area contributed by atoms with Gasteiger partial charge in [0.25, 0.3) is 11.7 Å². The lowest BCUT2D eigenvalue weighted by Crippen LogP contribution is -2.47. The van der Waals surface area contributed by atoms with Gasteiger partial charge in [-0.05, 0) is 30.2 Å². The Balaban J connectivity index is 1.70. The van der Waals surface area contributed by atoms with Gasteiger partial charge in [0.05, 0.1) is 39.7 Å². The van der Waals surface area contributed by atoms with E-state index < -0.39 is 5.79 Å². The molecule has 0 aliphatic carbocycles. The predicted octanol–water partition coefficient (Wildman–Crippen LogP) is 2.84. The van der Waals surface area contributed by atoms with Gasteiger partial charge in [-0.25, -0.2) is 0 Å². The molecule has 2 aliphatic heterocycles. The van der Waals surface area contributed by atoms with Crippen LogP contribution in [-0.4, -0.2) is 33.3 Å². The maximum absolute atomic E-state index is 13.2. The number of rotatable bonds is 4. The van der Waals surface area contributed by atoms with Gasteiger partial charge in [0.2, 0.25) is 0 Å². The Hall–Kier alpha value is -2.57. The largest absolute Gasteiger partial charge is 0.493 e. The summed E-state index contributed by atoms with van der Waals surface area (Å²) in [6.45, 7) is 1.40. The minimum Gasteiger partial charge on any atom is -0.493 e. The number of nitrogens with zero attached hydrogens (tertiary/aromatic N) is 1. The lowest BCUT2D eigenvalue weighted by molar-refractivity contribution is -0.256. The van der Waals surface area contributed by atoms with E-state index in [2.05, 4.69) is 0 Å². The molecule has 1 spiro atoms. The first-order chi connectivity index (χ1) is 12.7. The molecular formula is C20H21NO5. The highest BCUT2D eigenvalue weighted by molar-refractivity contribution is 6.06. The summed E-state index contributed by atoms with van der Waals surface area (Å²) in [6.07, 6.45) is 0.785. The number of hydrogen-bond donors (Lipinski definition) is 0. The van der Waals surface area contributed by atoms with E-state index in [-0.39, 0.29) is 5.91 Å². The Morgan fingerprint density at radius 3 is 2.50 bits per heavy atom. The summed E-state index contributed by atoms with van der Waals surface area (Å²) in [5.41, 5.74) is 2.51. The van der Waals surface area contributed by atoms with Gasteiger partial charge >= 0.3 is 0 Å². The molecule has 0 aromatic heterocycles. The molecule has 1 saturated heterocycles. The summed E-state index contributed by atoms with van der Waals surface area (Å²) in [4.78, 5) is 15.0. The van der Waals surface area contributed by atoms with Gasteiger partial charge in [0.15, 0.2) is 11.5 Å². The number of fused-ring (bicyclic) bond motifs is 2. The number of benzene rings is 2. The van der Waals surface area contributed by atoms with Crippen molar-refractivity contribution in [1.82, 2.24) is 0 Å². The van der Waals surface area contributed by atoms with Crippen molar-refractivity contribution < 1.29 is 23.7 Å². The molecule has 0 bridgehead atoms. The van der Waals surface area contributed by atoms with Crippen LogP contribution >= 0.6 is 0 Å². The molecule has 2 heterocycles. The van der Waals surface area contributed by atoms with Crippen LogP contribution in [0.3, 0.4) is 0 Å². The zero-order valence-corrected chi connectivity index (χ0v) is 14.9. The van der Waals surface area contributed by atoms with Gasteiger partial charge in [-0.2, -0.15) is 0 Å². The fraction of sp³-hybridized carbons (Fsp3) is 0.350.